The lowest BCUT2D eigenvalue weighted by molar-refractivity contribution is -0.384. The Labute approximate surface area is 150 Å². The highest BCUT2D eigenvalue weighted by Crippen LogP contribution is 2.20. The number of nitro benzene ring substituents is 1. The molecule has 0 spiro atoms. The summed E-state index contributed by atoms with van der Waals surface area (Å²) in [5.41, 5.74) is 5.76. The molecule has 2 aromatic rings. The highest BCUT2D eigenvalue weighted by atomic mass is 16.6. The summed E-state index contributed by atoms with van der Waals surface area (Å²) in [4.78, 5) is 34.4. The van der Waals surface area contributed by atoms with Gasteiger partial charge in [0.1, 0.15) is 0 Å². The lowest BCUT2D eigenvalue weighted by Gasteiger charge is -2.33. The molecule has 1 aromatic carbocycles. The predicted octanol–water partition coefficient (Wildman–Crippen LogP) is 1.77. The van der Waals surface area contributed by atoms with Crippen LogP contribution in [-0.2, 0) is 11.3 Å². The summed E-state index contributed by atoms with van der Waals surface area (Å²) < 4.78 is 6.43. The number of oxazole rings is 1. The van der Waals surface area contributed by atoms with Crippen LogP contribution in [-0.4, -0.2) is 27.5 Å². The van der Waals surface area contributed by atoms with Gasteiger partial charge in [0.25, 0.3) is 5.69 Å². The topological polar surface area (TPSA) is 133 Å². The van der Waals surface area contributed by atoms with E-state index in [0.29, 0.717) is 18.5 Å². The van der Waals surface area contributed by atoms with E-state index in [0.717, 1.165) is 0 Å². The van der Waals surface area contributed by atoms with Gasteiger partial charge in [0.05, 0.1) is 22.0 Å². The number of nitrogens with two attached hydrogens (primary N) is 1. The van der Waals surface area contributed by atoms with Crippen molar-refractivity contribution in [2.45, 2.75) is 45.7 Å². The van der Waals surface area contributed by atoms with Crippen LogP contribution >= 0.6 is 0 Å². The maximum Gasteiger partial charge on any atom is 0.419 e. The summed E-state index contributed by atoms with van der Waals surface area (Å²) in [5, 5.41) is 13.7. The minimum Gasteiger partial charge on any atom is -0.407 e. The first-order chi connectivity index (χ1) is 12.2. The molecule has 0 radical (unpaired) electrons. The van der Waals surface area contributed by atoms with Crippen molar-refractivity contribution < 1.29 is 14.1 Å². The molecule has 26 heavy (non-hydrogen) atoms. The average Bonchev–Trinajstić information content (AvgIpc) is 2.89. The molecule has 0 aliphatic carbocycles. The number of non-ortho nitro benzene ring substituents is 1. The highest BCUT2D eigenvalue weighted by Gasteiger charge is 2.28. The van der Waals surface area contributed by atoms with Crippen LogP contribution in [0.15, 0.2) is 27.4 Å². The number of aromatic nitrogens is 1. The summed E-state index contributed by atoms with van der Waals surface area (Å²) in [6.45, 7) is 6.49. The molecule has 1 heterocycles. The minimum absolute atomic E-state index is 0.136. The molecule has 1 unspecified atom stereocenters. The van der Waals surface area contributed by atoms with Crippen LogP contribution in [0.1, 0.15) is 33.6 Å². The molecule has 1 amide bonds. The molecule has 0 aliphatic rings. The second kappa shape index (κ2) is 7.69. The number of fused-ring (bicyclic) bond motifs is 1. The SMILES string of the molecule is CC(C)C(C)(CN)NC(=O)CCCn1c(=O)oc2cc([N+](=O)[O-])ccc21. The number of aryl methyl sites for hydroxylation is 1. The van der Waals surface area contributed by atoms with Crippen LogP contribution in [0.2, 0.25) is 0 Å². The van der Waals surface area contributed by atoms with Crippen LogP contribution in [0.25, 0.3) is 11.1 Å². The third kappa shape index (κ3) is 4.10. The number of nitrogens with one attached hydrogen (secondary N) is 1. The lowest BCUT2D eigenvalue weighted by Crippen LogP contribution is -2.55. The molecule has 3 N–H and O–H groups in total. The maximum absolute atomic E-state index is 12.2. The first-order valence-corrected chi connectivity index (χ1v) is 8.47. The molecule has 0 bridgehead atoms. The Hall–Kier alpha value is -2.68. The molecular weight excluding hydrogens is 340 g/mol. The second-order valence-electron chi connectivity index (χ2n) is 6.86. The zero-order valence-corrected chi connectivity index (χ0v) is 15.2. The summed E-state index contributed by atoms with van der Waals surface area (Å²) in [7, 11) is 0. The van der Waals surface area contributed by atoms with E-state index < -0.39 is 16.2 Å². The standard InChI is InChI=1S/C17H24N4O5/c1-11(2)17(3,10-18)19-15(22)5-4-8-20-13-7-6-12(21(24)25)9-14(13)26-16(20)23/h6-7,9,11H,4-5,8,10,18H2,1-3H3,(H,19,22). The van der Waals surface area contributed by atoms with Gasteiger partial charge in [-0.1, -0.05) is 13.8 Å². The lowest BCUT2D eigenvalue weighted by atomic mass is 9.88. The molecular formula is C17H24N4O5. The summed E-state index contributed by atoms with van der Waals surface area (Å²) in [6, 6.07) is 4.01. The fourth-order valence-corrected chi connectivity index (χ4v) is 2.59. The van der Waals surface area contributed by atoms with E-state index in [4.69, 9.17) is 10.2 Å². The third-order valence-electron chi connectivity index (χ3n) is 4.77. The number of nitro groups is 1. The molecule has 1 aromatic heterocycles. The Kier molecular flexibility index (Phi) is 5.81. The van der Waals surface area contributed by atoms with Gasteiger partial charge in [0, 0.05) is 25.6 Å². The van der Waals surface area contributed by atoms with Crippen molar-refractivity contribution in [3.63, 3.8) is 0 Å². The van der Waals surface area contributed by atoms with Crippen molar-refractivity contribution in [3.05, 3.63) is 38.9 Å². The van der Waals surface area contributed by atoms with Crippen molar-refractivity contribution in [1.29, 1.82) is 0 Å². The molecule has 0 saturated carbocycles. The van der Waals surface area contributed by atoms with Crippen LogP contribution in [0.5, 0.6) is 0 Å². The Morgan fingerprint density at radius 3 is 2.73 bits per heavy atom. The zero-order valence-electron chi connectivity index (χ0n) is 15.2. The second-order valence-corrected chi connectivity index (χ2v) is 6.86. The fourth-order valence-electron chi connectivity index (χ4n) is 2.59. The largest absolute Gasteiger partial charge is 0.419 e. The van der Waals surface area contributed by atoms with E-state index in [-0.39, 0.29) is 36.1 Å². The van der Waals surface area contributed by atoms with Crippen LogP contribution in [0, 0.1) is 16.0 Å². The number of carbonyl (C=O) groups is 1. The van der Waals surface area contributed by atoms with Crippen LogP contribution in [0.4, 0.5) is 5.69 Å². The number of hydrogen-bond donors (Lipinski definition) is 2. The summed E-state index contributed by atoms with van der Waals surface area (Å²) >= 11 is 0. The monoisotopic (exact) mass is 364 g/mol. The van der Waals surface area contributed by atoms with Crippen molar-refractivity contribution >= 4 is 22.7 Å². The zero-order chi connectivity index (χ0) is 19.5. The van der Waals surface area contributed by atoms with Crippen molar-refractivity contribution in [2.24, 2.45) is 11.7 Å². The van der Waals surface area contributed by atoms with E-state index in [1.807, 2.05) is 20.8 Å². The van der Waals surface area contributed by atoms with Crippen molar-refractivity contribution in [3.8, 4) is 0 Å². The van der Waals surface area contributed by atoms with Crippen LogP contribution < -0.4 is 16.8 Å². The summed E-state index contributed by atoms with van der Waals surface area (Å²) in [5.74, 6) is -0.550. The Bertz CT molecular complexity index is 870. The van der Waals surface area contributed by atoms with E-state index in [1.54, 1.807) is 0 Å². The molecule has 142 valence electrons. The fraction of sp³-hybridized carbons (Fsp3) is 0.529. The number of amides is 1. The Balaban J connectivity index is 2.04. The maximum atomic E-state index is 12.2. The molecule has 0 aliphatic heterocycles. The average molecular weight is 364 g/mol. The third-order valence-corrected chi connectivity index (χ3v) is 4.77. The van der Waals surface area contributed by atoms with Gasteiger partial charge < -0.3 is 15.5 Å². The number of nitrogens with zero attached hydrogens (tertiary/aromatic N) is 2. The smallest absolute Gasteiger partial charge is 0.407 e. The first-order valence-electron chi connectivity index (χ1n) is 8.47. The predicted molar refractivity (Wildman–Crippen MR) is 96.8 cm³/mol. The van der Waals surface area contributed by atoms with Gasteiger partial charge in [0.2, 0.25) is 5.91 Å². The molecule has 0 saturated heterocycles. The normalized spacial score (nSPS) is 13.7. The first kappa shape index (κ1) is 19.6. The highest BCUT2D eigenvalue weighted by molar-refractivity contribution is 5.77. The van der Waals surface area contributed by atoms with Crippen LogP contribution in [0.3, 0.4) is 0 Å². The molecule has 0 fully saturated rings. The minimum atomic E-state index is -0.602. The Morgan fingerprint density at radius 1 is 1.46 bits per heavy atom. The van der Waals surface area contributed by atoms with E-state index >= 15 is 0 Å². The Morgan fingerprint density at radius 2 is 2.15 bits per heavy atom. The molecule has 9 nitrogen and oxygen atoms in total. The van der Waals surface area contributed by atoms with Gasteiger partial charge in [-0.05, 0) is 25.3 Å². The van der Waals surface area contributed by atoms with E-state index in [2.05, 4.69) is 5.32 Å². The van der Waals surface area contributed by atoms with E-state index in [1.165, 1.54) is 22.8 Å². The summed E-state index contributed by atoms with van der Waals surface area (Å²) in [6.07, 6.45) is 0.657. The number of benzene rings is 1. The van der Waals surface area contributed by atoms with Crippen molar-refractivity contribution in [2.75, 3.05) is 6.54 Å². The molecule has 2 rings (SSSR count). The van der Waals surface area contributed by atoms with E-state index in [9.17, 15) is 19.7 Å². The van der Waals surface area contributed by atoms with Gasteiger partial charge in [-0.2, -0.15) is 0 Å². The number of carbonyl (C=O) groups excluding carboxylic acids is 1. The quantitative estimate of drug-likeness (QED) is 0.542. The van der Waals surface area contributed by atoms with Gasteiger partial charge in [-0.3, -0.25) is 19.5 Å². The van der Waals surface area contributed by atoms with Gasteiger partial charge in [-0.15, -0.1) is 0 Å². The van der Waals surface area contributed by atoms with Crippen molar-refractivity contribution in [1.82, 2.24) is 9.88 Å². The number of rotatable bonds is 8. The van der Waals surface area contributed by atoms with Gasteiger partial charge in [-0.25, -0.2) is 4.79 Å². The number of hydrogen-bond acceptors (Lipinski definition) is 6. The molecule has 9 heteroatoms. The van der Waals surface area contributed by atoms with Gasteiger partial charge in [0.15, 0.2) is 5.58 Å². The van der Waals surface area contributed by atoms with Gasteiger partial charge >= 0.3 is 5.76 Å². The molecule has 1 atom stereocenters.